The van der Waals surface area contributed by atoms with Gasteiger partial charge in [-0.3, -0.25) is 4.90 Å². The van der Waals surface area contributed by atoms with Crippen molar-refractivity contribution in [3.05, 3.63) is 64.3 Å². The third-order valence-electron chi connectivity index (χ3n) is 6.17. The largest absolute Gasteiger partial charge is 0.497 e. The van der Waals surface area contributed by atoms with Crippen LogP contribution in [-0.2, 0) is 19.4 Å². The van der Waals surface area contributed by atoms with Gasteiger partial charge in [-0.25, -0.2) is 0 Å². The van der Waals surface area contributed by atoms with Gasteiger partial charge in [0.1, 0.15) is 5.75 Å². The molecule has 2 aromatic carbocycles. The van der Waals surface area contributed by atoms with Crippen molar-refractivity contribution in [3.63, 3.8) is 0 Å². The number of rotatable bonds is 4. The van der Waals surface area contributed by atoms with E-state index in [0.717, 1.165) is 30.2 Å². The molecule has 4 rings (SSSR count). The van der Waals surface area contributed by atoms with E-state index in [2.05, 4.69) is 60.7 Å². The molecule has 0 bridgehead atoms. The Hall–Kier alpha value is -1.97. The lowest BCUT2D eigenvalue weighted by molar-refractivity contribution is 0.177. The van der Waals surface area contributed by atoms with Crippen LogP contribution in [0.4, 0.5) is 0 Å². The first-order valence-electron chi connectivity index (χ1n) is 9.65. The van der Waals surface area contributed by atoms with Crippen molar-refractivity contribution in [1.82, 2.24) is 9.47 Å². The second-order valence-corrected chi connectivity index (χ2v) is 8.10. The number of aromatic nitrogens is 1. The van der Waals surface area contributed by atoms with Gasteiger partial charge in [0.25, 0.3) is 0 Å². The molecule has 0 saturated heterocycles. The van der Waals surface area contributed by atoms with E-state index in [0.29, 0.717) is 12.1 Å². The molecule has 142 valence electrons. The summed E-state index contributed by atoms with van der Waals surface area (Å²) in [4.78, 5) is 2.48. The van der Waals surface area contributed by atoms with Crippen LogP contribution in [0.1, 0.15) is 36.7 Å². The first-order chi connectivity index (χ1) is 13.0. The smallest absolute Gasteiger partial charge is 0.119 e. The number of aryl methyl sites for hydroxylation is 2. The number of hydrogen-bond acceptors (Lipinski definition) is 2. The molecule has 0 fully saturated rings. The number of methoxy groups -OCH3 is 1. The highest BCUT2D eigenvalue weighted by Crippen LogP contribution is 2.40. The fourth-order valence-electron chi connectivity index (χ4n) is 4.38. The molecule has 2 heterocycles. The number of halogens is 1. The minimum absolute atomic E-state index is 0.398. The molecule has 0 amide bonds. The van der Waals surface area contributed by atoms with Crippen LogP contribution < -0.4 is 4.74 Å². The Balaban J connectivity index is 1.79. The van der Waals surface area contributed by atoms with Gasteiger partial charge in [-0.15, -0.1) is 0 Å². The van der Waals surface area contributed by atoms with E-state index in [9.17, 15) is 0 Å². The molecule has 27 heavy (non-hydrogen) atoms. The summed E-state index contributed by atoms with van der Waals surface area (Å²) in [6, 6.07) is 15.6. The Morgan fingerprint density at radius 2 is 1.85 bits per heavy atom. The van der Waals surface area contributed by atoms with Crippen LogP contribution >= 0.6 is 11.6 Å². The maximum atomic E-state index is 6.04. The molecule has 0 aliphatic carbocycles. The highest BCUT2D eigenvalue weighted by Gasteiger charge is 2.31. The van der Waals surface area contributed by atoms with Gasteiger partial charge < -0.3 is 9.30 Å². The fraction of sp³-hybridized carbons (Fsp3) is 0.391. The van der Waals surface area contributed by atoms with Crippen LogP contribution in [0.3, 0.4) is 0 Å². The number of hydrogen-bond donors (Lipinski definition) is 0. The normalized spacial score (nSPS) is 20.0. The van der Waals surface area contributed by atoms with E-state index in [1.807, 2.05) is 12.1 Å². The predicted octanol–water partition coefficient (Wildman–Crippen LogP) is 5.48. The summed E-state index contributed by atoms with van der Waals surface area (Å²) < 4.78 is 8.04. The van der Waals surface area contributed by atoms with Crippen LogP contribution in [0, 0.1) is 0 Å². The van der Waals surface area contributed by atoms with Crippen LogP contribution in [0.15, 0.2) is 42.5 Å². The average Bonchev–Trinajstić information content (AvgIpc) is 2.98. The zero-order valence-electron chi connectivity index (χ0n) is 16.5. The second-order valence-electron chi connectivity index (χ2n) is 7.67. The lowest BCUT2D eigenvalue weighted by Gasteiger charge is -2.37. The summed E-state index contributed by atoms with van der Waals surface area (Å²) in [5, 5.41) is 2.12. The van der Waals surface area contributed by atoms with Crippen LogP contribution in [-0.4, -0.2) is 29.7 Å². The molecule has 2 atom stereocenters. The van der Waals surface area contributed by atoms with Crippen molar-refractivity contribution in [2.75, 3.05) is 14.2 Å². The average molecular weight is 383 g/mol. The molecule has 0 spiro atoms. The fourth-order valence-corrected chi connectivity index (χ4v) is 4.51. The Kier molecular flexibility index (Phi) is 4.92. The summed E-state index contributed by atoms with van der Waals surface area (Å²) in [5.41, 5.74) is 5.56. The van der Waals surface area contributed by atoms with E-state index in [1.54, 1.807) is 7.11 Å². The summed E-state index contributed by atoms with van der Waals surface area (Å²) in [6.45, 7) is 5.61. The van der Waals surface area contributed by atoms with Gasteiger partial charge >= 0.3 is 0 Å². The topological polar surface area (TPSA) is 17.4 Å². The maximum Gasteiger partial charge on any atom is 0.119 e. The third kappa shape index (κ3) is 3.24. The van der Waals surface area contributed by atoms with E-state index in [4.69, 9.17) is 16.3 Å². The van der Waals surface area contributed by atoms with Crippen LogP contribution in [0.5, 0.6) is 5.75 Å². The summed E-state index contributed by atoms with van der Waals surface area (Å²) in [7, 11) is 3.97. The maximum absolute atomic E-state index is 6.04. The monoisotopic (exact) mass is 382 g/mol. The molecule has 1 aromatic heterocycles. The van der Waals surface area contributed by atoms with Crippen molar-refractivity contribution in [2.45, 2.75) is 45.3 Å². The molecule has 0 N–H and O–H groups in total. The van der Waals surface area contributed by atoms with Crippen molar-refractivity contribution in [3.8, 4) is 5.75 Å². The minimum atomic E-state index is 0.398. The molecule has 2 unspecified atom stereocenters. The number of fused-ring (bicyclic) bond motifs is 3. The van der Waals surface area contributed by atoms with Crippen LogP contribution in [0.25, 0.3) is 10.9 Å². The van der Waals surface area contributed by atoms with E-state index in [1.165, 1.54) is 27.7 Å². The number of benzene rings is 2. The lowest BCUT2D eigenvalue weighted by Crippen LogP contribution is -2.38. The van der Waals surface area contributed by atoms with Gasteiger partial charge in [0.05, 0.1) is 7.11 Å². The number of nitrogens with zero attached hydrogens (tertiary/aromatic N) is 2. The second kappa shape index (κ2) is 7.21. The Morgan fingerprint density at radius 3 is 2.56 bits per heavy atom. The van der Waals surface area contributed by atoms with E-state index >= 15 is 0 Å². The summed E-state index contributed by atoms with van der Waals surface area (Å²) in [5.74, 6) is 0.925. The number of likely N-dealkylation sites (N-methyl/N-ethyl adjacent to an activating group) is 1. The summed E-state index contributed by atoms with van der Waals surface area (Å²) in [6.07, 6.45) is 2.08. The van der Waals surface area contributed by atoms with Gasteiger partial charge in [0.2, 0.25) is 0 Å². The predicted molar refractivity (Wildman–Crippen MR) is 113 cm³/mol. The molecular weight excluding hydrogens is 356 g/mol. The zero-order chi connectivity index (χ0) is 19.1. The zero-order valence-corrected chi connectivity index (χ0v) is 17.3. The van der Waals surface area contributed by atoms with Crippen molar-refractivity contribution in [1.29, 1.82) is 0 Å². The SMILES string of the molecule is COc1ccc2c(c1)c1c(n2CCc2ccc(Cl)cc2)CC(C)N(C)C1C. The molecule has 4 heteroatoms. The van der Waals surface area contributed by atoms with Crippen molar-refractivity contribution >= 4 is 22.5 Å². The van der Waals surface area contributed by atoms with Gasteiger partial charge in [-0.05, 0) is 68.8 Å². The van der Waals surface area contributed by atoms with Gasteiger partial charge in [0, 0.05) is 46.7 Å². The van der Waals surface area contributed by atoms with Gasteiger partial charge in [0.15, 0.2) is 0 Å². The highest BCUT2D eigenvalue weighted by molar-refractivity contribution is 6.30. The molecule has 3 aromatic rings. The molecular formula is C23H27ClN2O. The quantitative estimate of drug-likeness (QED) is 0.594. The van der Waals surface area contributed by atoms with Crippen molar-refractivity contribution in [2.24, 2.45) is 0 Å². The van der Waals surface area contributed by atoms with Gasteiger partial charge in [-0.1, -0.05) is 23.7 Å². The summed E-state index contributed by atoms with van der Waals surface area (Å²) >= 11 is 6.04. The Bertz CT molecular complexity index is 961. The number of ether oxygens (including phenoxy) is 1. The molecule has 3 nitrogen and oxygen atoms in total. The molecule has 0 saturated carbocycles. The van der Waals surface area contributed by atoms with E-state index in [-0.39, 0.29) is 0 Å². The molecule has 1 aliphatic rings. The molecule has 1 aliphatic heterocycles. The van der Waals surface area contributed by atoms with E-state index < -0.39 is 0 Å². The van der Waals surface area contributed by atoms with Crippen molar-refractivity contribution < 1.29 is 4.74 Å². The minimum Gasteiger partial charge on any atom is -0.497 e. The third-order valence-corrected chi connectivity index (χ3v) is 6.42. The standard InChI is InChI=1S/C23H27ClN2O/c1-15-13-22-23(16(2)25(15)3)20-14-19(27-4)9-10-21(20)26(22)12-11-17-5-7-18(24)8-6-17/h5-10,14-16H,11-13H2,1-4H3. The first kappa shape index (κ1) is 18.4. The Labute approximate surface area is 166 Å². The van der Waals surface area contributed by atoms with Gasteiger partial charge in [-0.2, -0.15) is 0 Å². The van der Waals surface area contributed by atoms with Crippen LogP contribution in [0.2, 0.25) is 5.02 Å². The lowest BCUT2D eigenvalue weighted by atomic mass is 9.93. The Morgan fingerprint density at radius 1 is 1.11 bits per heavy atom. The first-order valence-corrected chi connectivity index (χ1v) is 10.0. The molecule has 0 radical (unpaired) electrons. The highest BCUT2D eigenvalue weighted by atomic mass is 35.5.